The highest BCUT2D eigenvalue weighted by molar-refractivity contribution is 5.76. The predicted octanol–water partition coefficient (Wildman–Crippen LogP) is 2.85. The Labute approximate surface area is 145 Å². The Bertz CT molecular complexity index is 578. The molecule has 0 aromatic carbocycles. The van der Waals surface area contributed by atoms with Gasteiger partial charge in [-0.2, -0.15) is 5.10 Å². The Morgan fingerprint density at radius 2 is 2.17 bits per heavy atom. The zero-order valence-corrected chi connectivity index (χ0v) is 15.0. The first-order valence-corrected chi connectivity index (χ1v) is 9.31. The van der Waals surface area contributed by atoms with Crippen LogP contribution in [0.25, 0.3) is 0 Å². The number of carbonyl (C=O) groups excluding carboxylic acids is 1. The van der Waals surface area contributed by atoms with Gasteiger partial charge in [-0.15, -0.1) is 0 Å². The summed E-state index contributed by atoms with van der Waals surface area (Å²) < 4.78 is 2.01. The van der Waals surface area contributed by atoms with Gasteiger partial charge in [-0.25, -0.2) is 0 Å². The van der Waals surface area contributed by atoms with E-state index in [1.54, 1.807) is 0 Å². The van der Waals surface area contributed by atoms with Gasteiger partial charge in [0.05, 0.1) is 6.20 Å². The lowest BCUT2D eigenvalue weighted by Gasteiger charge is -2.22. The molecule has 0 N–H and O–H groups in total. The van der Waals surface area contributed by atoms with Crippen LogP contribution >= 0.6 is 0 Å². The first-order chi connectivity index (χ1) is 11.6. The Hall–Kier alpha value is -1.62. The van der Waals surface area contributed by atoms with Gasteiger partial charge in [-0.1, -0.05) is 12.2 Å². The summed E-state index contributed by atoms with van der Waals surface area (Å²) in [7, 11) is 0. The SMILES string of the molecule is CC(C)n1cc(CN2CCCN(C(=O)CC3C=CCC3)CC2)cn1. The number of carbonyl (C=O) groups is 1. The summed E-state index contributed by atoms with van der Waals surface area (Å²) in [4.78, 5) is 17.0. The van der Waals surface area contributed by atoms with E-state index in [4.69, 9.17) is 0 Å². The first-order valence-electron chi connectivity index (χ1n) is 9.31. The van der Waals surface area contributed by atoms with E-state index in [-0.39, 0.29) is 0 Å². The van der Waals surface area contributed by atoms with Crippen molar-refractivity contribution in [3.05, 3.63) is 30.1 Å². The van der Waals surface area contributed by atoms with Crippen LogP contribution in [-0.2, 0) is 11.3 Å². The molecule has 1 amide bonds. The molecule has 1 unspecified atom stereocenters. The van der Waals surface area contributed by atoms with Crippen LogP contribution in [0, 0.1) is 5.92 Å². The maximum absolute atomic E-state index is 12.5. The largest absolute Gasteiger partial charge is 0.341 e. The van der Waals surface area contributed by atoms with Crippen molar-refractivity contribution in [2.75, 3.05) is 26.2 Å². The van der Waals surface area contributed by atoms with Crippen LogP contribution in [0.4, 0.5) is 0 Å². The summed E-state index contributed by atoms with van der Waals surface area (Å²) in [6.45, 7) is 8.99. The highest BCUT2D eigenvalue weighted by Crippen LogP contribution is 2.21. The lowest BCUT2D eigenvalue weighted by Crippen LogP contribution is -2.35. The molecule has 2 heterocycles. The van der Waals surface area contributed by atoms with Crippen LogP contribution in [0.2, 0.25) is 0 Å². The molecule has 132 valence electrons. The van der Waals surface area contributed by atoms with Gasteiger partial charge >= 0.3 is 0 Å². The van der Waals surface area contributed by atoms with Crippen LogP contribution < -0.4 is 0 Å². The molecule has 5 nitrogen and oxygen atoms in total. The molecule has 1 aromatic rings. The van der Waals surface area contributed by atoms with Crippen molar-refractivity contribution >= 4 is 5.91 Å². The molecule has 1 saturated heterocycles. The highest BCUT2D eigenvalue weighted by atomic mass is 16.2. The zero-order valence-electron chi connectivity index (χ0n) is 15.0. The van der Waals surface area contributed by atoms with Crippen molar-refractivity contribution < 1.29 is 4.79 Å². The van der Waals surface area contributed by atoms with E-state index in [0.717, 1.165) is 52.0 Å². The number of allylic oxidation sites excluding steroid dienone is 2. The maximum Gasteiger partial charge on any atom is 0.223 e. The Morgan fingerprint density at radius 1 is 1.29 bits per heavy atom. The second kappa shape index (κ2) is 7.97. The van der Waals surface area contributed by atoms with Crippen LogP contribution in [0.5, 0.6) is 0 Å². The van der Waals surface area contributed by atoms with Gasteiger partial charge in [-0.05, 0) is 39.0 Å². The molecular formula is C19H30N4O. The highest BCUT2D eigenvalue weighted by Gasteiger charge is 2.22. The molecule has 24 heavy (non-hydrogen) atoms. The number of hydrogen-bond donors (Lipinski definition) is 0. The van der Waals surface area contributed by atoms with E-state index in [1.165, 1.54) is 5.56 Å². The molecule has 1 aliphatic heterocycles. The number of hydrogen-bond acceptors (Lipinski definition) is 3. The summed E-state index contributed by atoms with van der Waals surface area (Å²) in [5.41, 5.74) is 1.26. The minimum absolute atomic E-state index is 0.334. The summed E-state index contributed by atoms with van der Waals surface area (Å²) in [5.74, 6) is 0.805. The van der Waals surface area contributed by atoms with E-state index >= 15 is 0 Å². The van der Waals surface area contributed by atoms with Crippen molar-refractivity contribution in [1.82, 2.24) is 19.6 Å². The van der Waals surface area contributed by atoms with Crippen molar-refractivity contribution in [3.63, 3.8) is 0 Å². The minimum atomic E-state index is 0.334. The molecule has 0 bridgehead atoms. The Morgan fingerprint density at radius 3 is 2.88 bits per heavy atom. The molecule has 1 aliphatic carbocycles. The molecule has 1 atom stereocenters. The molecule has 2 aliphatic rings. The lowest BCUT2D eigenvalue weighted by molar-refractivity contribution is -0.131. The standard InChI is InChI=1S/C19H30N4O/c1-16(2)23-15-18(13-20-23)14-21-8-5-9-22(11-10-21)19(24)12-17-6-3-4-7-17/h3,6,13,15-17H,4-5,7-12,14H2,1-2H3. The zero-order chi connectivity index (χ0) is 16.9. The van der Waals surface area contributed by atoms with Crippen LogP contribution in [0.1, 0.15) is 51.1 Å². The van der Waals surface area contributed by atoms with Crippen LogP contribution in [-0.4, -0.2) is 51.7 Å². The molecule has 3 rings (SSSR count). The fraction of sp³-hybridized carbons (Fsp3) is 0.684. The van der Waals surface area contributed by atoms with Gasteiger partial charge in [0.1, 0.15) is 0 Å². The van der Waals surface area contributed by atoms with Gasteiger partial charge < -0.3 is 4.90 Å². The normalized spacial score (nSPS) is 22.3. The molecule has 5 heteroatoms. The second-order valence-electron chi connectivity index (χ2n) is 7.40. The molecule has 0 radical (unpaired) electrons. The summed E-state index contributed by atoms with van der Waals surface area (Å²) in [6.07, 6.45) is 12.6. The topological polar surface area (TPSA) is 41.4 Å². The van der Waals surface area contributed by atoms with Crippen molar-refractivity contribution in [1.29, 1.82) is 0 Å². The minimum Gasteiger partial charge on any atom is -0.341 e. The van der Waals surface area contributed by atoms with E-state index in [2.05, 4.69) is 47.1 Å². The van der Waals surface area contributed by atoms with E-state index in [0.29, 0.717) is 24.3 Å². The third kappa shape index (κ3) is 4.47. The predicted molar refractivity (Wildman–Crippen MR) is 95.6 cm³/mol. The van der Waals surface area contributed by atoms with Gasteiger partial charge in [0.15, 0.2) is 0 Å². The number of amides is 1. The van der Waals surface area contributed by atoms with Crippen molar-refractivity contribution in [3.8, 4) is 0 Å². The quantitative estimate of drug-likeness (QED) is 0.780. The summed E-state index contributed by atoms with van der Waals surface area (Å²) in [5, 5.41) is 4.42. The monoisotopic (exact) mass is 330 g/mol. The van der Waals surface area contributed by atoms with Crippen molar-refractivity contribution in [2.24, 2.45) is 5.92 Å². The smallest absolute Gasteiger partial charge is 0.223 e. The molecule has 0 saturated carbocycles. The number of nitrogens with zero attached hydrogens (tertiary/aromatic N) is 4. The first kappa shape index (κ1) is 17.2. The van der Waals surface area contributed by atoms with E-state index < -0.39 is 0 Å². The lowest BCUT2D eigenvalue weighted by atomic mass is 10.0. The Kier molecular flexibility index (Phi) is 5.72. The number of rotatable bonds is 5. The third-order valence-corrected chi connectivity index (χ3v) is 5.08. The fourth-order valence-electron chi connectivity index (χ4n) is 3.60. The van der Waals surface area contributed by atoms with Gasteiger partial charge in [0.25, 0.3) is 0 Å². The van der Waals surface area contributed by atoms with Crippen molar-refractivity contribution in [2.45, 2.75) is 52.1 Å². The summed E-state index contributed by atoms with van der Waals surface area (Å²) in [6, 6.07) is 0.403. The number of aromatic nitrogens is 2. The van der Waals surface area contributed by atoms with E-state index in [1.807, 2.05) is 10.9 Å². The average Bonchev–Trinajstić information content (AvgIpc) is 3.16. The van der Waals surface area contributed by atoms with Gasteiger partial charge in [-0.3, -0.25) is 14.4 Å². The molecule has 1 fully saturated rings. The van der Waals surface area contributed by atoms with E-state index in [9.17, 15) is 4.79 Å². The fourth-order valence-corrected chi connectivity index (χ4v) is 3.60. The van der Waals surface area contributed by atoms with Crippen LogP contribution in [0.3, 0.4) is 0 Å². The molecule has 1 aromatic heterocycles. The second-order valence-corrected chi connectivity index (χ2v) is 7.40. The molecule has 0 spiro atoms. The third-order valence-electron chi connectivity index (χ3n) is 5.08. The van der Waals surface area contributed by atoms with Gasteiger partial charge in [0, 0.05) is 56.9 Å². The van der Waals surface area contributed by atoms with Crippen LogP contribution in [0.15, 0.2) is 24.5 Å². The van der Waals surface area contributed by atoms with Gasteiger partial charge in [0.2, 0.25) is 5.91 Å². The summed E-state index contributed by atoms with van der Waals surface area (Å²) >= 11 is 0. The Balaban J connectivity index is 1.48. The average molecular weight is 330 g/mol. The molecular weight excluding hydrogens is 300 g/mol. The maximum atomic E-state index is 12.5.